The van der Waals surface area contributed by atoms with Crippen LogP contribution in [0.5, 0.6) is 11.5 Å². The van der Waals surface area contributed by atoms with E-state index < -0.39 is 0 Å². The van der Waals surface area contributed by atoms with Crippen molar-refractivity contribution in [3.63, 3.8) is 0 Å². The number of hydrogen-bond acceptors (Lipinski definition) is 6. The number of fused-ring (bicyclic) bond motifs is 1. The molecule has 0 atom stereocenters. The Labute approximate surface area is 140 Å². The molecule has 0 unspecified atom stereocenters. The summed E-state index contributed by atoms with van der Waals surface area (Å²) in [5, 5.41) is 14.0. The molecule has 1 aliphatic rings. The van der Waals surface area contributed by atoms with Crippen LogP contribution < -0.4 is 20.1 Å². The first kappa shape index (κ1) is 16.0. The van der Waals surface area contributed by atoms with E-state index in [1.54, 1.807) is 12.1 Å². The minimum atomic E-state index is -0.0631. The molecule has 3 rings (SSSR count). The van der Waals surface area contributed by atoms with Crippen LogP contribution in [0.1, 0.15) is 20.3 Å². The van der Waals surface area contributed by atoms with Gasteiger partial charge in [0.2, 0.25) is 5.91 Å². The molecular formula is C17H20N4O3. The van der Waals surface area contributed by atoms with Crippen molar-refractivity contribution < 1.29 is 14.3 Å². The Morgan fingerprint density at radius 3 is 2.50 bits per heavy atom. The summed E-state index contributed by atoms with van der Waals surface area (Å²) in [5.41, 5.74) is 0.824. The zero-order chi connectivity index (χ0) is 16.9. The van der Waals surface area contributed by atoms with Crippen molar-refractivity contribution in [2.75, 3.05) is 23.8 Å². The summed E-state index contributed by atoms with van der Waals surface area (Å²) in [6, 6.07) is 9.06. The van der Waals surface area contributed by atoms with Crippen LogP contribution >= 0.6 is 0 Å². The zero-order valence-corrected chi connectivity index (χ0v) is 13.7. The van der Waals surface area contributed by atoms with Gasteiger partial charge >= 0.3 is 0 Å². The fraction of sp³-hybridized carbons (Fsp3) is 0.353. The summed E-state index contributed by atoms with van der Waals surface area (Å²) < 4.78 is 11.0. The predicted molar refractivity (Wildman–Crippen MR) is 90.8 cm³/mol. The predicted octanol–water partition coefficient (Wildman–Crippen LogP) is 2.98. The lowest BCUT2D eigenvalue weighted by atomic mass is 10.1. The van der Waals surface area contributed by atoms with Gasteiger partial charge in [-0.05, 0) is 30.2 Å². The first-order chi connectivity index (χ1) is 11.6. The Balaban J connectivity index is 1.63. The number of hydrogen-bond donors (Lipinski definition) is 2. The quantitative estimate of drug-likeness (QED) is 0.877. The van der Waals surface area contributed by atoms with Crippen molar-refractivity contribution in [3.8, 4) is 11.5 Å². The number of ether oxygens (including phenoxy) is 2. The van der Waals surface area contributed by atoms with Gasteiger partial charge in [-0.3, -0.25) is 4.79 Å². The number of amides is 1. The Hall–Kier alpha value is -2.83. The highest BCUT2D eigenvalue weighted by atomic mass is 16.6. The third-order valence-corrected chi connectivity index (χ3v) is 3.34. The normalized spacial score (nSPS) is 12.8. The van der Waals surface area contributed by atoms with Crippen LogP contribution in [0.3, 0.4) is 0 Å². The number of nitrogens with zero attached hydrogens (tertiary/aromatic N) is 2. The number of rotatable bonds is 5. The first-order valence-corrected chi connectivity index (χ1v) is 7.90. The fourth-order valence-electron chi connectivity index (χ4n) is 2.30. The smallest absolute Gasteiger partial charge is 0.225 e. The monoisotopic (exact) mass is 328 g/mol. The average Bonchev–Trinajstić information content (AvgIpc) is 2.56. The molecule has 7 nitrogen and oxygen atoms in total. The third kappa shape index (κ3) is 4.13. The van der Waals surface area contributed by atoms with Gasteiger partial charge in [-0.1, -0.05) is 13.8 Å². The Morgan fingerprint density at radius 1 is 1.08 bits per heavy atom. The summed E-state index contributed by atoms with van der Waals surface area (Å²) in [6.45, 7) is 5.09. The van der Waals surface area contributed by atoms with Crippen LogP contribution in [0.15, 0.2) is 30.3 Å². The summed E-state index contributed by atoms with van der Waals surface area (Å²) in [6.07, 6.45) is 0.457. The number of anilines is 3. The van der Waals surface area contributed by atoms with Crippen LogP contribution in [0.2, 0.25) is 0 Å². The van der Waals surface area contributed by atoms with Crippen LogP contribution in [-0.2, 0) is 4.79 Å². The van der Waals surface area contributed by atoms with Crippen LogP contribution in [0.4, 0.5) is 17.3 Å². The molecule has 1 aromatic carbocycles. The van der Waals surface area contributed by atoms with Crippen molar-refractivity contribution in [3.05, 3.63) is 30.3 Å². The minimum absolute atomic E-state index is 0.0631. The molecule has 0 fully saturated rings. The van der Waals surface area contributed by atoms with E-state index in [2.05, 4.69) is 20.8 Å². The molecule has 2 heterocycles. The summed E-state index contributed by atoms with van der Waals surface area (Å²) in [4.78, 5) is 11.7. The number of aromatic nitrogens is 2. The van der Waals surface area contributed by atoms with Crippen molar-refractivity contribution in [1.82, 2.24) is 10.2 Å². The molecule has 2 aromatic rings. The third-order valence-electron chi connectivity index (χ3n) is 3.34. The lowest BCUT2D eigenvalue weighted by Gasteiger charge is -2.19. The first-order valence-electron chi connectivity index (χ1n) is 7.90. The van der Waals surface area contributed by atoms with E-state index in [9.17, 15) is 4.79 Å². The number of nitrogens with one attached hydrogen (secondary N) is 2. The standard InChI is InChI=1S/C17H20N4O3/c1-11(2)9-17(22)19-16-6-5-15(20-21-16)18-12-3-4-13-14(10-12)24-8-7-23-13/h3-6,10-11H,7-9H2,1-2H3,(H,18,20)(H,19,21,22). The zero-order valence-electron chi connectivity index (χ0n) is 13.7. The Morgan fingerprint density at radius 2 is 1.79 bits per heavy atom. The maximum Gasteiger partial charge on any atom is 0.225 e. The number of benzene rings is 1. The van der Waals surface area contributed by atoms with E-state index in [0.717, 1.165) is 11.4 Å². The van der Waals surface area contributed by atoms with E-state index >= 15 is 0 Å². The second kappa shape index (κ2) is 7.16. The lowest BCUT2D eigenvalue weighted by Crippen LogP contribution is -2.15. The van der Waals surface area contributed by atoms with Crippen molar-refractivity contribution in [2.24, 2.45) is 5.92 Å². The molecule has 1 aliphatic heterocycles. The van der Waals surface area contributed by atoms with E-state index in [-0.39, 0.29) is 5.91 Å². The molecule has 2 N–H and O–H groups in total. The van der Waals surface area contributed by atoms with Crippen LogP contribution in [0, 0.1) is 5.92 Å². The molecule has 7 heteroatoms. The molecule has 0 aliphatic carbocycles. The van der Waals surface area contributed by atoms with Gasteiger partial charge in [-0.25, -0.2) is 0 Å². The van der Waals surface area contributed by atoms with Crippen molar-refractivity contribution >= 4 is 23.2 Å². The van der Waals surface area contributed by atoms with Crippen LogP contribution in [-0.4, -0.2) is 29.3 Å². The average molecular weight is 328 g/mol. The molecule has 0 radical (unpaired) electrons. The number of carbonyl (C=O) groups is 1. The van der Waals surface area contributed by atoms with Gasteiger partial charge in [0.05, 0.1) is 0 Å². The molecule has 0 saturated heterocycles. The van der Waals surface area contributed by atoms with Crippen molar-refractivity contribution in [1.29, 1.82) is 0 Å². The van der Waals surface area contributed by atoms with Gasteiger partial charge in [0.25, 0.3) is 0 Å². The summed E-state index contributed by atoms with van der Waals surface area (Å²) in [5.74, 6) is 2.70. The van der Waals surface area contributed by atoms with E-state index in [0.29, 0.717) is 42.9 Å². The molecule has 126 valence electrons. The molecular weight excluding hydrogens is 308 g/mol. The second-order valence-corrected chi connectivity index (χ2v) is 5.93. The van der Waals surface area contributed by atoms with Crippen molar-refractivity contribution in [2.45, 2.75) is 20.3 Å². The number of carbonyl (C=O) groups excluding carboxylic acids is 1. The SMILES string of the molecule is CC(C)CC(=O)Nc1ccc(Nc2ccc3c(c2)OCCO3)nn1. The minimum Gasteiger partial charge on any atom is -0.486 e. The van der Waals surface area contributed by atoms with E-state index in [1.165, 1.54) is 0 Å². The fourth-order valence-corrected chi connectivity index (χ4v) is 2.30. The molecule has 0 spiro atoms. The summed E-state index contributed by atoms with van der Waals surface area (Å²) >= 11 is 0. The van der Waals surface area contributed by atoms with Gasteiger partial charge in [-0.15, -0.1) is 10.2 Å². The largest absolute Gasteiger partial charge is 0.486 e. The summed E-state index contributed by atoms with van der Waals surface area (Å²) in [7, 11) is 0. The molecule has 1 aromatic heterocycles. The molecule has 0 bridgehead atoms. The molecule has 24 heavy (non-hydrogen) atoms. The molecule has 0 saturated carbocycles. The van der Waals surface area contributed by atoms with Gasteiger partial charge in [0, 0.05) is 18.2 Å². The maximum absolute atomic E-state index is 11.7. The van der Waals surface area contributed by atoms with Gasteiger partial charge in [0.1, 0.15) is 13.2 Å². The highest BCUT2D eigenvalue weighted by Gasteiger charge is 2.12. The Kier molecular flexibility index (Phi) is 4.79. The Bertz CT molecular complexity index is 716. The van der Waals surface area contributed by atoms with Gasteiger partial charge in [-0.2, -0.15) is 0 Å². The highest BCUT2D eigenvalue weighted by Crippen LogP contribution is 2.33. The maximum atomic E-state index is 11.7. The van der Waals surface area contributed by atoms with Gasteiger partial charge < -0.3 is 20.1 Å². The second-order valence-electron chi connectivity index (χ2n) is 5.93. The van der Waals surface area contributed by atoms with Crippen LogP contribution in [0.25, 0.3) is 0 Å². The van der Waals surface area contributed by atoms with Gasteiger partial charge in [0.15, 0.2) is 23.1 Å². The lowest BCUT2D eigenvalue weighted by molar-refractivity contribution is -0.116. The topological polar surface area (TPSA) is 85.4 Å². The highest BCUT2D eigenvalue weighted by molar-refractivity contribution is 5.89. The van der Waals surface area contributed by atoms with E-state index in [1.807, 2.05) is 32.0 Å². The molecule has 1 amide bonds. The van der Waals surface area contributed by atoms with E-state index in [4.69, 9.17) is 9.47 Å².